The second-order valence-electron chi connectivity index (χ2n) is 7.75. The summed E-state index contributed by atoms with van der Waals surface area (Å²) in [6.45, 7) is 0.707. The summed E-state index contributed by atoms with van der Waals surface area (Å²) in [5.41, 5.74) is 0.971. The summed E-state index contributed by atoms with van der Waals surface area (Å²) in [6.07, 6.45) is 0.969. The van der Waals surface area contributed by atoms with Gasteiger partial charge >= 0.3 is 5.97 Å². The molecule has 3 aliphatic heterocycles. The molecular formula is C22H20N2O7S. The Labute approximate surface area is 184 Å². The minimum atomic E-state index is -3.68. The van der Waals surface area contributed by atoms with Crippen LogP contribution in [0.5, 0.6) is 11.5 Å². The number of rotatable bonds is 4. The van der Waals surface area contributed by atoms with Crippen LogP contribution in [0, 0.1) is 5.92 Å². The first-order chi connectivity index (χ1) is 15.4. The lowest BCUT2D eigenvalue weighted by Crippen LogP contribution is -2.40. The van der Waals surface area contributed by atoms with Gasteiger partial charge in [-0.2, -0.15) is 8.42 Å². The molecule has 2 aromatic carbocycles. The van der Waals surface area contributed by atoms with E-state index >= 15 is 0 Å². The molecule has 0 saturated carbocycles. The Morgan fingerprint density at radius 1 is 1.06 bits per heavy atom. The maximum Gasteiger partial charge on any atom is 0.309 e. The molecule has 0 aliphatic carbocycles. The van der Waals surface area contributed by atoms with Gasteiger partial charge in [0.05, 0.1) is 5.92 Å². The van der Waals surface area contributed by atoms with Gasteiger partial charge in [-0.3, -0.25) is 9.59 Å². The Bertz CT molecular complexity index is 1230. The van der Waals surface area contributed by atoms with Crippen LogP contribution in [0.25, 0.3) is 0 Å². The molecular weight excluding hydrogens is 436 g/mol. The molecule has 1 fully saturated rings. The number of ether oxygens (including phenoxy) is 3. The monoisotopic (exact) mass is 456 g/mol. The van der Waals surface area contributed by atoms with Gasteiger partial charge in [-0.25, -0.2) is 0 Å². The van der Waals surface area contributed by atoms with Crippen molar-refractivity contribution < 1.29 is 32.2 Å². The van der Waals surface area contributed by atoms with Crippen molar-refractivity contribution in [1.29, 1.82) is 0 Å². The van der Waals surface area contributed by atoms with Crippen LogP contribution in [-0.4, -0.2) is 57.4 Å². The van der Waals surface area contributed by atoms with E-state index in [-0.39, 0.29) is 30.0 Å². The number of fused-ring (bicyclic) bond motifs is 2. The van der Waals surface area contributed by atoms with E-state index < -0.39 is 16.0 Å². The summed E-state index contributed by atoms with van der Waals surface area (Å²) in [7, 11) is -3.68. The molecule has 0 atom stereocenters. The van der Waals surface area contributed by atoms with E-state index in [1.54, 1.807) is 42.5 Å². The molecule has 3 aliphatic rings. The predicted octanol–water partition coefficient (Wildman–Crippen LogP) is 2.00. The summed E-state index contributed by atoms with van der Waals surface area (Å²) >= 11 is 0. The lowest BCUT2D eigenvalue weighted by molar-refractivity contribution is -0.148. The molecule has 2 aromatic rings. The van der Waals surface area contributed by atoms with E-state index in [2.05, 4.69) is 4.40 Å². The number of Topliss-reactive ketones (excluding diaryl/α,β-unsaturated/α-hetero) is 1. The average molecular weight is 456 g/mol. The molecule has 0 spiro atoms. The van der Waals surface area contributed by atoms with E-state index in [9.17, 15) is 18.0 Å². The highest BCUT2D eigenvalue weighted by atomic mass is 32.2. The topological polar surface area (TPSA) is 112 Å². The fourth-order valence-corrected chi connectivity index (χ4v) is 5.28. The van der Waals surface area contributed by atoms with Gasteiger partial charge < -0.3 is 19.1 Å². The van der Waals surface area contributed by atoms with Gasteiger partial charge in [-0.1, -0.05) is 12.1 Å². The molecule has 0 amide bonds. The molecule has 0 aromatic heterocycles. The number of likely N-dealkylation sites (tertiary alicyclic amines) is 1. The van der Waals surface area contributed by atoms with Crippen molar-refractivity contribution in [2.45, 2.75) is 17.7 Å². The van der Waals surface area contributed by atoms with Crippen LogP contribution >= 0.6 is 0 Å². The Morgan fingerprint density at radius 2 is 1.81 bits per heavy atom. The lowest BCUT2D eigenvalue weighted by atomic mass is 9.96. The smallest absolute Gasteiger partial charge is 0.309 e. The Hall–Kier alpha value is -3.40. The molecule has 10 heteroatoms. The van der Waals surface area contributed by atoms with Crippen LogP contribution in [0.2, 0.25) is 0 Å². The first kappa shape index (κ1) is 20.5. The molecule has 166 valence electrons. The van der Waals surface area contributed by atoms with Crippen molar-refractivity contribution in [3.05, 3.63) is 53.6 Å². The van der Waals surface area contributed by atoms with Crippen molar-refractivity contribution >= 4 is 27.6 Å². The number of piperidine rings is 1. The van der Waals surface area contributed by atoms with E-state index in [0.29, 0.717) is 54.4 Å². The highest BCUT2D eigenvalue weighted by Crippen LogP contribution is 2.33. The number of benzene rings is 2. The molecule has 9 nitrogen and oxygen atoms in total. The van der Waals surface area contributed by atoms with E-state index in [1.165, 1.54) is 0 Å². The third kappa shape index (κ3) is 3.70. The lowest BCUT2D eigenvalue weighted by Gasteiger charge is -2.32. The molecule has 5 rings (SSSR count). The average Bonchev–Trinajstić information content (AvgIpc) is 3.39. The minimum absolute atomic E-state index is 0.116. The Balaban J connectivity index is 1.16. The molecule has 0 radical (unpaired) electrons. The zero-order valence-corrected chi connectivity index (χ0v) is 17.8. The maximum atomic E-state index is 12.5. The maximum absolute atomic E-state index is 12.5. The van der Waals surface area contributed by atoms with E-state index in [0.717, 1.165) is 0 Å². The second-order valence-corrected chi connectivity index (χ2v) is 9.32. The number of carbonyl (C=O) groups is 2. The number of nitrogens with zero attached hydrogens (tertiary/aromatic N) is 2. The summed E-state index contributed by atoms with van der Waals surface area (Å²) in [5.74, 6) is 0.381. The van der Waals surface area contributed by atoms with Crippen molar-refractivity contribution in [3.8, 4) is 11.5 Å². The molecule has 0 unspecified atom stereocenters. The van der Waals surface area contributed by atoms with Gasteiger partial charge in [0.15, 0.2) is 29.7 Å². The highest BCUT2D eigenvalue weighted by molar-refractivity contribution is 7.90. The van der Waals surface area contributed by atoms with Gasteiger partial charge in [-0.05, 0) is 43.2 Å². The number of hydrogen-bond acceptors (Lipinski definition) is 8. The highest BCUT2D eigenvalue weighted by Gasteiger charge is 2.35. The van der Waals surface area contributed by atoms with Gasteiger partial charge in [0.1, 0.15) is 4.90 Å². The first-order valence-corrected chi connectivity index (χ1v) is 11.7. The zero-order chi connectivity index (χ0) is 22.3. The van der Waals surface area contributed by atoms with Crippen molar-refractivity contribution in [3.63, 3.8) is 0 Å². The van der Waals surface area contributed by atoms with Crippen LogP contribution in [0.3, 0.4) is 0 Å². The molecule has 0 N–H and O–H groups in total. The number of amidine groups is 1. The van der Waals surface area contributed by atoms with Crippen molar-refractivity contribution in [1.82, 2.24) is 4.90 Å². The van der Waals surface area contributed by atoms with E-state index in [4.69, 9.17) is 14.2 Å². The van der Waals surface area contributed by atoms with Gasteiger partial charge in [0.25, 0.3) is 10.0 Å². The van der Waals surface area contributed by atoms with Crippen molar-refractivity contribution in [2.75, 3.05) is 26.5 Å². The number of carbonyl (C=O) groups excluding carboxylic acids is 2. The second kappa shape index (κ2) is 7.94. The minimum Gasteiger partial charge on any atom is -0.457 e. The van der Waals surface area contributed by atoms with Crippen LogP contribution in [0.4, 0.5) is 0 Å². The fraction of sp³-hybridized carbons (Fsp3) is 0.318. The van der Waals surface area contributed by atoms with Crippen molar-refractivity contribution in [2.24, 2.45) is 10.3 Å². The molecule has 0 bridgehead atoms. The van der Waals surface area contributed by atoms with E-state index in [1.807, 2.05) is 4.90 Å². The summed E-state index contributed by atoms with van der Waals surface area (Å²) in [5, 5.41) is 0. The van der Waals surface area contributed by atoms with Crippen LogP contribution in [0.1, 0.15) is 28.8 Å². The predicted molar refractivity (Wildman–Crippen MR) is 112 cm³/mol. The van der Waals surface area contributed by atoms with Gasteiger partial charge in [0, 0.05) is 24.2 Å². The third-order valence-electron chi connectivity index (χ3n) is 5.78. The zero-order valence-electron chi connectivity index (χ0n) is 17.0. The number of ketones is 1. The quantitative estimate of drug-likeness (QED) is 0.507. The van der Waals surface area contributed by atoms with Crippen LogP contribution in [-0.2, 0) is 19.6 Å². The Kier molecular flexibility index (Phi) is 5.09. The third-order valence-corrected chi connectivity index (χ3v) is 7.11. The largest absolute Gasteiger partial charge is 0.457 e. The van der Waals surface area contributed by atoms with Gasteiger partial charge in [-0.15, -0.1) is 4.40 Å². The fourth-order valence-electron chi connectivity index (χ4n) is 4.05. The first-order valence-electron chi connectivity index (χ1n) is 10.2. The standard InChI is InChI=1S/C22H20N2O7S/c25-17(15-5-6-18-19(11-15)31-13-30-18)12-29-22(26)14-7-9-24(10-8-14)21-16-3-1-2-4-20(16)32(27,28)23-21/h1-6,11,14H,7-10,12-13H2. The van der Waals surface area contributed by atoms with Gasteiger partial charge in [0.2, 0.25) is 6.79 Å². The SMILES string of the molecule is O=C(COC(=O)C1CCN(C2=NS(=O)(=O)c3ccccc32)CC1)c1ccc2c(c1)OCO2. The van der Waals surface area contributed by atoms with Crippen LogP contribution in [0.15, 0.2) is 51.8 Å². The molecule has 32 heavy (non-hydrogen) atoms. The number of esters is 1. The summed E-state index contributed by atoms with van der Waals surface area (Å²) in [4.78, 5) is 27.0. The number of sulfonamides is 1. The molecule has 3 heterocycles. The normalized spacial score (nSPS) is 18.8. The molecule has 1 saturated heterocycles. The number of hydrogen-bond donors (Lipinski definition) is 0. The summed E-state index contributed by atoms with van der Waals surface area (Å²) < 4.78 is 44.2. The Morgan fingerprint density at radius 3 is 2.62 bits per heavy atom. The van der Waals surface area contributed by atoms with Crippen LogP contribution < -0.4 is 9.47 Å². The summed E-state index contributed by atoms with van der Waals surface area (Å²) in [6, 6.07) is 11.6.